The number of hydrogen-bond acceptors (Lipinski definition) is 4. The Morgan fingerprint density at radius 3 is 2.27 bits per heavy atom. The van der Waals surface area contributed by atoms with Gasteiger partial charge in [0.2, 0.25) is 0 Å². The number of anilines is 1. The Labute approximate surface area is 240 Å². The number of fused-ring (bicyclic) bond motifs is 1. The quantitative estimate of drug-likeness (QED) is 0.226. The van der Waals surface area contributed by atoms with Crippen LogP contribution in [-0.2, 0) is 11.3 Å². The third kappa shape index (κ3) is 6.36. The van der Waals surface area contributed by atoms with Gasteiger partial charge >= 0.3 is 6.03 Å². The average molecular weight is 548 g/mol. The molecule has 7 heteroatoms. The number of carbonyl (C=O) groups excluding carboxylic acids is 1. The first kappa shape index (κ1) is 30.1. The first-order valence-electron chi connectivity index (χ1n) is 15.2. The van der Waals surface area contributed by atoms with Gasteiger partial charge in [-0.1, -0.05) is 72.6 Å². The number of amides is 2. The Morgan fingerprint density at radius 1 is 1.05 bits per heavy atom. The van der Waals surface area contributed by atoms with Crippen molar-refractivity contribution in [1.29, 1.82) is 0 Å². The normalized spacial score (nSPS) is 15.1. The van der Waals surface area contributed by atoms with Crippen LogP contribution >= 0.6 is 0 Å². The van der Waals surface area contributed by atoms with Gasteiger partial charge in [-0.3, -0.25) is 4.90 Å². The molecule has 0 radical (unpaired) electrons. The zero-order valence-electron chi connectivity index (χ0n) is 25.4. The van der Waals surface area contributed by atoms with E-state index in [1.54, 1.807) is 0 Å². The number of ether oxygens (including phenoxy) is 1. The molecule has 0 saturated heterocycles. The molecular formula is C33H49N5O2. The van der Waals surface area contributed by atoms with Crippen LogP contribution in [0.3, 0.4) is 0 Å². The Balaban J connectivity index is 1.83. The van der Waals surface area contributed by atoms with Crippen LogP contribution in [0.2, 0.25) is 0 Å². The molecule has 1 unspecified atom stereocenters. The zero-order chi connectivity index (χ0) is 28.8. The number of carbonyl (C=O) groups is 1. The van der Waals surface area contributed by atoms with Gasteiger partial charge in [0.05, 0.1) is 18.9 Å². The van der Waals surface area contributed by atoms with Crippen LogP contribution in [0.15, 0.2) is 42.7 Å². The standard InChI is InChI=1S/C33H49N5O2/c1-7-36(8-2)19-20-40-22-26-21-37(31-29(26)17-12-18-35-31)32(25-13-9-10-14-25)38(33(34)39)30-27(23(3)4)15-11-16-28(30)24(5)6/h11-12,15-18,21,23-25,32H,7-10,13-14,19-20,22H2,1-6H3,(H2,34,39). The van der Waals surface area contributed by atoms with E-state index in [2.05, 4.69) is 81.5 Å². The Hall–Kier alpha value is -2.90. The highest BCUT2D eigenvalue weighted by Gasteiger charge is 2.38. The minimum atomic E-state index is -0.415. The number of nitrogens with zero attached hydrogens (tertiary/aromatic N) is 4. The van der Waals surface area contributed by atoms with Crippen molar-refractivity contribution in [1.82, 2.24) is 14.5 Å². The van der Waals surface area contributed by atoms with Crippen LogP contribution in [0.1, 0.15) is 102 Å². The van der Waals surface area contributed by atoms with Crippen LogP contribution in [0.4, 0.5) is 10.5 Å². The fraction of sp³-hybridized carbons (Fsp3) is 0.576. The van der Waals surface area contributed by atoms with Gasteiger partial charge in [0.25, 0.3) is 0 Å². The summed E-state index contributed by atoms with van der Waals surface area (Å²) in [5.41, 5.74) is 11.6. The van der Waals surface area contributed by atoms with E-state index in [-0.39, 0.29) is 23.9 Å². The Bertz CT molecular complexity index is 1230. The summed E-state index contributed by atoms with van der Waals surface area (Å²) in [6, 6.07) is 10.1. The van der Waals surface area contributed by atoms with Gasteiger partial charge in [-0.05, 0) is 66.9 Å². The van der Waals surface area contributed by atoms with Gasteiger partial charge in [0.15, 0.2) is 0 Å². The number of likely N-dealkylation sites (N-methyl/N-ethyl adjacent to an activating group) is 1. The second-order valence-electron chi connectivity index (χ2n) is 11.8. The highest BCUT2D eigenvalue weighted by atomic mass is 16.5. The number of aromatic nitrogens is 2. The lowest BCUT2D eigenvalue weighted by atomic mass is 9.90. The monoisotopic (exact) mass is 547 g/mol. The highest BCUT2D eigenvalue weighted by Crippen LogP contribution is 2.45. The van der Waals surface area contributed by atoms with Crippen molar-refractivity contribution in [3.05, 3.63) is 59.4 Å². The lowest BCUT2D eigenvalue weighted by molar-refractivity contribution is 0.0961. The van der Waals surface area contributed by atoms with E-state index in [0.717, 1.165) is 78.7 Å². The summed E-state index contributed by atoms with van der Waals surface area (Å²) in [6.07, 6.45) is 8.16. The molecule has 2 N–H and O–H groups in total. The molecule has 7 nitrogen and oxygen atoms in total. The molecule has 3 aromatic rings. The van der Waals surface area contributed by atoms with Gasteiger partial charge in [-0.2, -0.15) is 0 Å². The third-order valence-electron chi connectivity index (χ3n) is 8.57. The summed E-state index contributed by atoms with van der Waals surface area (Å²) >= 11 is 0. The van der Waals surface area contributed by atoms with Crippen LogP contribution in [0.5, 0.6) is 0 Å². The molecule has 0 aliphatic heterocycles. The average Bonchev–Trinajstić information content (AvgIpc) is 3.60. The summed E-state index contributed by atoms with van der Waals surface area (Å²) in [6.45, 7) is 17.2. The number of para-hydroxylation sites is 1. The smallest absolute Gasteiger partial charge is 0.321 e. The van der Waals surface area contributed by atoms with Crippen molar-refractivity contribution < 1.29 is 9.53 Å². The van der Waals surface area contributed by atoms with Crippen molar-refractivity contribution in [2.24, 2.45) is 11.7 Å². The van der Waals surface area contributed by atoms with Gasteiger partial charge in [-0.15, -0.1) is 0 Å². The van der Waals surface area contributed by atoms with Gasteiger partial charge in [-0.25, -0.2) is 9.78 Å². The number of benzene rings is 1. The second kappa shape index (κ2) is 13.6. The molecule has 1 aromatic carbocycles. The molecule has 0 bridgehead atoms. The van der Waals surface area contributed by atoms with Gasteiger partial charge in [0, 0.05) is 29.9 Å². The molecule has 1 aliphatic rings. The van der Waals surface area contributed by atoms with E-state index in [0.29, 0.717) is 13.2 Å². The number of nitrogens with two attached hydrogens (primary N) is 1. The molecule has 218 valence electrons. The maximum atomic E-state index is 13.6. The van der Waals surface area contributed by atoms with E-state index >= 15 is 0 Å². The first-order chi connectivity index (χ1) is 19.3. The molecule has 1 atom stereocenters. The molecule has 4 rings (SSSR count). The van der Waals surface area contributed by atoms with Crippen molar-refractivity contribution >= 4 is 22.8 Å². The Morgan fingerprint density at radius 2 is 1.70 bits per heavy atom. The van der Waals surface area contributed by atoms with E-state index in [1.807, 2.05) is 17.2 Å². The number of urea groups is 1. The molecule has 1 aliphatic carbocycles. The van der Waals surface area contributed by atoms with Crippen LogP contribution < -0.4 is 10.6 Å². The van der Waals surface area contributed by atoms with Crippen molar-refractivity contribution in [2.75, 3.05) is 31.1 Å². The molecule has 2 heterocycles. The summed E-state index contributed by atoms with van der Waals surface area (Å²) < 4.78 is 8.41. The van der Waals surface area contributed by atoms with Crippen molar-refractivity contribution in [3.63, 3.8) is 0 Å². The summed E-state index contributed by atoms with van der Waals surface area (Å²) in [5, 5.41) is 1.07. The summed E-state index contributed by atoms with van der Waals surface area (Å²) in [5.74, 6) is 0.768. The molecule has 1 fully saturated rings. The number of hydrogen-bond donors (Lipinski definition) is 1. The minimum Gasteiger partial charge on any atom is -0.375 e. The molecular weight excluding hydrogens is 498 g/mol. The lowest BCUT2D eigenvalue weighted by Crippen LogP contribution is -2.45. The number of rotatable bonds is 13. The van der Waals surface area contributed by atoms with E-state index in [4.69, 9.17) is 15.5 Å². The number of primary amides is 1. The predicted octanol–water partition coefficient (Wildman–Crippen LogP) is 7.42. The van der Waals surface area contributed by atoms with Gasteiger partial charge in [0.1, 0.15) is 11.8 Å². The third-order valence-corrected chi connectivity index (χ3v) is 8.57. The van der Waals surface area contributed by atoms with E-state index in [9.17, 15) is 4.79 Å². The molecule has 40 heavy (non-hydrogen) atoms. The van der Waals surface area contributed by atoms with Crippen molar-refractivity contribution in [3.8, 4) is 0 Å². The second-order valence-corrected chi connectivity index (χ2v) is 11.8. The van der Waals surface area contributed by atoms with Crippen LogP contribution in [-0.4, -0.2) is 46.7 Å². The number of pyridine rings is 1. The van der Waals surface area contributed by atoms with Crippen LogP contribution in [0, 0.1) is 5.92 Å². The molecule has 2 aromatic heterocycles. The Kier molecular flexibility index (Phi) is 10.3. The molecule has 0 spiro atoms. The topological polar surface area (TPSA) is 76.6 Å². The zero-order valence-corrected chi connectivity index (χ0v) is 25.4. The van der Waals surface area contributed by atoms with Crippen molar-refractivity contribution in [2.45, 2.75) is 91.8 Å². The van der Waals surface area contributed by atoms with E-state index < -0.39 is 6.03 Å². The van der Waals surface area contributed by atoms with E-state index in [1.165, 1.54) is 0 Å². The summed E-state index contributed by atoms with van der Waals surface area (Å²) in [7, 11) is 0. The predicted molar refractivity (Wildman–Crippen MR) is 165 cm³/mol. The first-order valence-corrected chi connectivity index (χ1v) is 15.2. The fourth-order valence-electron chi connectivity index (χ4n) is 6.36. The highest BCUT2D eigenvalue weighted by molar-refractivity contribution is 5.94. The SMILES string of the molecule is CCN(CC)CCOCc1cn(C(C2CCCC2)N(C(N)=O)c2c(C(C)C)cccc2C(C)C)c2ncccc12. The minimum absolute atomic E-state index is 0.245. The lowest BCUT2D eigenvalue weighted by Gasteiger charge is -2.39. The molecule has 2 amide bonds. The van der Waals surface area contributed by atoms with Gasteiger partial charge < -0.3 is 19.9 Å². The van der Waals surface area contributed by atoms with Crippen LogP contribution in [0.25, 0.3) is 11.0 Å². The maximum absolute atomic E-state index is 13.6. The maximum Gasteiger partial charge on any atom is 0.321 e. The molecule has 1 saturated carbocycles. The summed E-state index contributed by atoms with van der Waals surface area (Å²) in [4.78, 5) is 22.7. The largest absolute Gasteiger partial charge is 0.375 e. The fourth-order valence-corrected chi connectivity index (χ4v) is 6.36.